The normalized spacial score (nSPS) is 13.7. The largest absolute Gasteiger partial charge is 0.493 e. The monoisotopic (exact) mass is 629 g/mol. The molecule has 0 radical (unpaired) electrons. The molecule has 0 aromatic carbocycles. The van der Waals surface area contributed by atoms with Crippen molar-refractivity contribution in [2.75, 3.05) is 37.7 Å². The van der Waals surface area contributed by atoms with Crippen LogP contribution in [-0.4, -0.2) is 74.6 Å². The molecule has 1 fully saturated rings. The van der Waals surface area contributed by atoms with E-state index in [9.17, 15) is 14.4 Å². The van der Waals surface area contributed by atoms with E-state index >= 15 is 0 Å². The van der Waals surface area contributed by atoms with Gasteiger partial charge in [0, 0.05) is 43.6 Å². The molecule has 5 heterocycles. The Hall–Kier alpha value is -4.87. The first-order valence-corrected chi connectivity index (χ1v) is 15.7. The number of aromatic amines is 1. The summed E-state index contributed by atoms with van der Waals surface area (Å²) < 4.78 is 13.0. The Balaban J connectivity index is 1.38. The number of carbonyl (C=O) groups is 2. The Bertz CT molecular complexity index is 1780. The van der Waals surface area contributed by atoms with Gasteiger partial charge in [-0.25, -0.2) is 14.8 Å². The molecule has 12 nitrogen and oxygen atoms in total. The van der Waals surface area contributed by atoms with E-state index in [0.717, 1.165) is 28.2 Å². The van der Waals surface area contributed by atoms with Gasteiger partial charge in [-0.1, -0.05) is 13.8 Å². The Morgan fingerprint density at radius 2 is 1.78 bits per heavy atom. The van der Waals surface area contributed by atoms with E-state index in [-0.39, 0.29) is 30.0 Å². The van der Waals surface area contributed by atoms with Crippen molar-refractivity contribution in [1.29, 1.82) is 0 Å². The summed E-state index contributed by atoms with van der Waals surface area (Å²) >= 11 is 0. The molecule has 1 aliphatic heterocycles. The Morgan fingerprint density at radius 3 is 2.41 bits per heavy atom. The summed E-state index contributed by atoms with van der Waals surface area (Å²) in [6.07, 6.45) is 3.16. The van der Waals surface area contributed by atoms with E-state index in [4.69, 9.17) is 14.5 Å². The van der Waals surface area contributed by atoms with Gasteiger partial charge in [-0.2, -0.15) is 0 Å². The summed E-state index contributed by atoms with van der Waals surface area (Å²) in [5.74, 6) is 1.04. The van der Waals surface area contributed by atoms with Gasteiger partial charge in [-0.05, 0) is 76.4 Å². The molecule has 1 aliphatic rings. The molecule has 2 N–H and O–H groups in total. The number of imidazole rings is 1. The van der Waals surface area contributed by atoms with Crippen molar-refractivity contribution in [2.24, 2.45) is 0 Å². The van der Waals surface area contributed by atoms with Gasteiger partial charge in [-0.15, -0.1) is 0 Å². The molecule has 12 heteroatoms. The molecule has 0 aliphatic carbocycles. The van der Waals surface area contributed by atoms with Crippen LogP contribution in [0.3, 0.4) is 0 Å². The number of H-pyrrole nitrogens is 1. The maximum Gasteiger partial charge on any atom is 0.410 e. The number of ether oxygens (including phenoxy) is 2. The summed E-state index contributed by atoms with van der Waals surface area (Å²) in [4.78, 5) is 54.9. The topological polar surface area (TPSA) is 134 Å². The summed E-state index contributed by atoms with van der Waals surface area (Å²) in [5, 5.41) is 2.91. The van der Waals surface area contributed by atoms with Crippen molar-refractivity contribution >= 4 is 23.3 Å². The van der Waals surface area contributed by atoms with E-state index < -0.39 is 5.60 Å². The predicted octanol–water partition coefficient (Wildman–Crippen LogP) is 4.90. The zero-order valence-corrected chi connectivity index (χ0v) is 27.6. The van der Waals surface area contributed by atoms with Crippen molar-refractivity contribution in [2.45, 2.75) is 66.5 Å². The van der Waals surface area contributed by atoms with Crippen molar-refractivity contribution in [3.63, 3.8) is 0 Å². The first-order valence-electron chi connectivity index (χ1n) is 15.7. The van der Waals surface area contributed by atoms with Crippen LogP contribution in [0, 0.1) is 6.92 Å². The molecule has 1 saturated heterocycles. The molecule has 0 unspecified atom stereocenters. The number of hydrogen-bond acceptors (Lipinski definition) is 8. The molecule has 0 spiro atoms. The molecular formula is C34H43N7O5. The van der Waals surface area contributed by atoms with Gasteiger partial charge in [0.2, 0.25) is 0 Å². The molecule has 4 aromatic rings. The van der Waals surface area contributed by atoms with Crippen LogP contribution in [0.5, 0.6) is 5.75 Å². The molecule has 46 heavy (non-hydrogen) atoms. The van der Waals surface area contributed by atoms with Gasteiger partial charge in [0.25, 0.3) is 11.5 Å². The minimum atomic E-state index is -0.532. The minimum Gasteiger partial charge on any atom is -0.493 e. The average molecular weight is 630 g/mol. The van der Waals surface area contributed by atoms with Crippen LogP contribution >= 0.6 is 0 Å². The maximum atomic E-state index is 13.7. The predicted molar refractivity (Wildman–Crippen MR) is 177 cm³/mol. The molecule has 0 atom stereocenters. The number of aromatic nitrogens is 4. The van der Waals surface area contributed by atoms with E-state index in [2.05, 4.69) is 34.0 Å². The summed E-state index contributed by atoms with van der Waals surface area (Å²) in [6, 6.07) is 9.54. The van der Waals surface area contributed by atoms with Crippen LogP contribution in [-0.2, 0) is 11.3 Å². The number of nitrogens with zero attached hydrogens (tertiary/aromatic N) is 5. The van der Waals surface area contributed by atoms with E-state index in [0.29, 0.717) is 55.5 Å². The second kappa shape index (κ2) is 13.2. The van der Waals surface area contributed by atoms with Crippen molar-refractivity contribution in [3.8, 4) is 16.9 Å². The number of hydrogen-bond donors (Lipinski definition) is 2. The van der Waals surface area contributed by atoms with Gasteiger partial charge in [0.15, 0.2) is 0 Å². The van der Waals surface area contributed by atoms with Crippen LogP contribution in [0.4, 0.5) is 10.6 Å². The molecule has 4 aromatic heterocycles. The van der Waals surface area contributed by atoms with E-state index in [1.165, 1.54) is 0 Å². The van der Waals surface area contributed by atoms with Gasteiger partial charge >= 0.3 is 6.09 Å². The number of nitrogens with one attached hydrogen (secondary N) is 2. The van der Waals surface area contributed by atoms with Gasteiger partial charge in [0.1, 0.15) is 29.2 Å². The number of aryl methyl sites for hydroxylation is 1. The quantitative estimate of drug-likeness (QED) is 0.281. The first kappa shape index (κ1) is 32.5. The van der Waals surface area contributed by atoms with Crippen LogP contribution in [0.15, 0.2) is 47.7 Å². The number of amides is 2. The van der Waals surface area contributed by atoms with Crippen molar-refractivity contribution in [1.82, 2.24) is 29.6 Å². The summed E-state index contributed by atoms with van der Waals surface area (Å²) in [6.45, 7) is 16.1. The number of anilines is 1. The molecule has 0 bridgehead atoms. The van der Waals surface area contributed by atoms with Gasteiger partial charge in [0.05, 0.1) is 29.9 Å². The lowest BCUT2D eigenvalue weighted by atomic mass is 10.0. The van der Waals surface area contributed by atoms with Crippen molar-refractivity contribution in [3.05, 3.63) is 75.9 Å². The average Bonchev–Trinajstić information content (AvgIpc) is 3.44. The maximum absolute atomic E-state index is 13.7. The fourth-order valence-corrected chi connectivity index (χ4v) is 5.49. The van der Waals surface area contributed by atoms with Crippen LogP contribution in [0.25, 0.3) is 16.6 Å². The first-order chi connectivity index (χ1) is 21.8. The standard InChI is InChI=1S/C34H43N7O5/c1-8-45-28-15-22(4)38-31(42)25(28)19-36-32(43)27-17-24(16-26-30(21(2)3)37-20-41(26)27)23-9-10-29(35-18-23)39-11-13-40(14-12-39)33(44)46-34(5,6)7/h9-10,15-18,20-21H,8,11-14,19H2,1-7H3,(H,36,43)(H,38,42). The highest BCUT2D eigenvalue weighted by Crippen LogP contribution is 2.29. The van der Waals surface area contributed by atoms with Crippen LogP contribution < -0.4 is 20.5 Å². The lowest BCUT2D eigenvalue weighted by Crippen LogP contribution is -2.50. The number of piperazine rings is 1. The van der Waals surface area contributed by atoms with Gasteiger partial charge in [-0.3, -0.25) is 14.0 Å². The second-order valence-corrected chi connectivity index (χ2v) is 12.8. The third kappa shape index (κ3) is 7.16. The fourth-order valence-electron chi connectivity index (χ4n) is 5.49. The zero-order valence-electron chi connectivity index (χ0n) is 27.6. The Morgan fingerprint density at radius 1 is 1.04 bits per heavy atom. The van der Waals surface area contributed by atoms with E-state index in [1.54, 1.807) is 34.8 Å². The van der Waals surface area contributed by atoms with Crippen LogP contribution in [0.2, 0.25) is 0 Å². The highest BCUT2D eigenvalue weighted by atomic mass is 16.6. The summed E-state index contributed by atoms with van der Waals surface area (Å²) in [7, 11) is 0. The van der Waals surface area contributed by atoms with Crippen molar-refractivity contribution < 1.29 is 19.1 Å². The number of pyridine rings is 3. The van der Waals surface area contributed by atoms with Crippen LogP contribution in [0.1, 0.15) is 74.9 Å². The number of carbonyl (C=O) groups excluding carboxylic acids is 2. The van der Waals surface area contributed by atoms with Gasteiger partial charge < -0.3 is 29.6 Å². The lowest BCUT2D eigenvalue weighted by Gasteiger charge is -2.36. The highest BCUT2D eigenvalue weighted by molar-refractivity contribution is 5.95. The smallest absolute Gasteiger partial charge is 0.410 e. The summed E-state index contributed by atoms with van der Waals surface area (Å²) in [5.41, 5.74) is 3.94. The molecular weight excluding hydrogens is 586 g/mol. The zero-order chi connectivity index (χ0) is 33.2. The number of rotatable bonds is 8. The minimum absolute atomic E-state index is 0.00131. The third-order valence-electron chi connectivity index (χ3n) is 7.75. The Labute approximate surface area is 268 Å². The fraction of sp³-hybridized carbons (Fsp3) is 0.441. The lowest BCUT2D eigenvalue weighted by molar-refractivity contribution is 0.0240. The number of fused-ring (bicyclic) bond motifs is 1. The SMILES string of the molecule is CCOc1cc(C)[nH]c(=O)c1CNC(=O)c1cc(-c2ccc(N3CCN(C(=O)OC(C)(C)C)CC3)nc2)cc2c(C(C)C)ncn12. The molecule has 5 rings (SSSR count). The highest BCUT2D eigenvalue weighted by Gasteiger charge is 2.26. The molecule has 244 valence electrons. The molecule has 2 amide bonds. The van der Waals surface area contributed by atoms with E-state index in [1.807, 2.05) is 52.0 Å². The molecule has 0 saturated carbocycles. The third-order valence-corrected chi connectivity index (χ3v) is 7.75. The Kier molecular flexibility index (Phi) is 9.36. The second-order valence-electron chi connectivity index (χ2n) is 12.8.